The van der Waals surface area contributed by atoms with Crippen molar-refractivity contribution in [1.82, 2.24) is 0 Å². The minimum atomic E-state index is -0.238. The number of alkyl halides is 1. The molecule has 0 heterocycles. The van der Waals surface area contributed by atoms with Crippen molar-refractivity contribution in [2.45, 2.75) is 17.7 Å². The Balaban J connectivity index is 3.63. The average Bonchev–Trinajstić information content (AvgIpc) is 2.11. The van der Waals surface area contributed by atoms with E-state index in [1.165, 1.54) is 14.2 Å². The predicted octanol–water partition coefficient (Wildman–Crippen LogP) is 1.68. The molecular formula is C7H11BrO3S. The third-order valence-electron chi connectivity index (χ3n) is 1.29. The van der Waals surface area contributed by atoms with Crippen molar-refractivity contribution in [3.8, 4) is 0 Å². The molecule has 0 N–H and O–H groups in total. The highest BCUT2D eigenvalue weighted by Gasteiger charge is 2.12. The van der Waals surface area contributed by atoms with Crippen LogP contribution in [0.3, 0.4) is 0 Å². The first-order valence-electron chi connectivity index (χ1n) is 3.40. The minimum absolute atomic E-state index is 0.0587. The number of rotatable bonds is 4. The highest BCUT2D eigenvalue weighted by Crippen LogP contribution is 2.11. The summed E-state index contributed by atoms with van der Waals surface area (Å²) in [6.07, 6.45) is 0.940. The molecule has 0 spiro atoms. The fourth-order valence-corrected chi connectivity index (χ4v) is 1.13. The average molecular weight is 255 g/mol. The van der Waals surface area contributed by atoms with Crippen LogP contribution in [0.5, 0.6) is 0 Å². The summed E-state index contributed by atoms with van der Waals surface area (Å²) in [5.41, 5.74) is 0. The van der Waals surface area contributed by atoms with Crippen LogP contribution in [-0.4, -0.2) is 30.1 Å². The van der Waals surface area contributed by atoms with Gasteiger partial charge >= 0.3 is 5.97 Å². The van der Waals surface area contributed by atoms with Gasteiger partial charge in [0.1, 0.15) is 0 Å². The highest BCUT2D eigenvalue weighted by molar-refractivity contribution is 9.10. The topological polar surface area (TPSA) is 35.5 Å². The molecule has 5 heteroatoms. The van der Waals surface area contributed by atoms with E-state index < -0.39 is 0 Å². The summed E-state index contributed by atoms with van der Waals surface area (Å²) >= 11 is 8.13. The van der Waals surface area contributed by atoms with E-state index in [0.717, 1.165) is 0 Å². The normalized spacial score (nSPS) is 11.9. The molecule has 0 aliphatic rings. The van der Waals surface area contributed by atoms with Crippen LogP contribution in [0.15, 0.2) is 0 Å². The van der Waals surface area contributed by atoms with Gasteiger partial charge in [-0.15, -0.1) is 0 Å². The summed E-state index contributed by atoms with van der Waals surface area (Å²) in [6, 6.07) is 0. The zero-order valence-electron chi connectivity index (χ0n) is 7.00. The summed E-state index contributed by atoms with van der Waals surface area (Å²) in [4.78, 5) is 10.6. The number of esters is 1. The summed E-state index contributed by atoms with van der Waals surface area (Å²) in [7, 11) is 2.87. The van der Waals surface area contributed by atoms with E-state index in [2.05, 4.69) is 20.7 Å². The maximum absolute atomic E-state index is 10.7. The molecular weight excluding hydrogens is 244 g/mol. The molecule has 0 saturated heterocycles. The number of carbonyl (C=O) groups is 1. The van der Waals surface area contributed by atoms with Crippen LogP contribution in [0.4, 0.5) is 0 Å². The molecule has 0 aliphatic carbocycles. The monoisotopic (exact) mass is 254 g/mol. The second kappa shape index (κ2) is 6.37. The standard InChI is InChI=1S/C7H11BrO3S/c1-10-6(9)4-3-5(8)7(12)11-2/h5H,3-4H2,1-2H3. The van der Waals surface area contributed by atoms with Crippen molar-refractivity contribution in [2.75, 3.05) is 14.2 Å². The zero-order chi connectivity index (χ0) is 9.56. The van der Waals surface area contributed by atoms with Gasteiger partial charge in [0.2, 0.25) is 0 Å². The smallest absolute Gasteiger partial charge is 0.305 e. The first kappa shape index (κ1) is 11.8. The maximum atomic E-state index is 10.7. The van der Waals surface area contributed by atoms with Crippen LogP contribution in [0.2, 0.25) is 0 Å². The lowest BCUT2D eigenvalue weighted by atomic mass is 10.2. The minimum Gasteiger partial charge on any atom is -0.489 e. The molecule has 0 radical (unpaired) electrons. The molecule has 0 aromatic heterocycles. The molecule has 1 atom stereocenters. The lowest BCUT2D eigenvalue weighted by molar-refractivity contribution is -0.140. The molecule has 0 fully saturated rings. The third kappa shape index (κ3) is 4.66. The Kier molecular flexibility index (Phi) is 6.28. The highest BCUT2D eigenvalue weighted by atomic mass is 79.9. The zero-order valence-corrected chi connectivity index (χ0v) is 9.41. The Labute approximate surface area is 85.5 Å². The number of halogens is 1. The van der Waals surface area contributed by atoms with E-state index in [0.29, 0.717) is 17.9 Å². The van der Waals surface area contributed by atoms with Gasteiger partial charge in [0, 0.05) is 6.42 Å². The van der Waals surface area contributed by atoms with Crippen LogP contribution in [0.25, 0.3) is 0 Å². The van der Waals surface area contributed by atoms with Crippen molar-refractivity contribution in [1.29, 1.82) is 0 Å². The van der Waals surface area contributed by atoms with Gasteiger partial charge in [0.05, 0.1) is 19.0 Å². The van der Waals surface area contributed by atoms with Crippen molar-refractivity contribution >= 4 is 39.2 Å². The second-order valence-corrected chi connectivity index (χ2v) is 3.61. The molecule has 0 saturated carbocycles. The molecule has 0 aromatic rings. The van der Waals surface area contributed by atoms with Crippen molar-refractivity contribution < 1.29 is 14.3 Å². The van der Waals surface area contributed by atoms with E-state index in [1.807, 2.05) is 0 Å². The fraction of sp³-hybridized carbons (Fsp3) is 0.714. The number of carbonyl (C=O) groups excluding carboxylic acids is 1. The molecule has 70 valence electrons. The lowest BCUT2D eigenvalue weighted by Crippen LogP contribution is -2.15. The summed E-state index contributed by atoms with van der Waals surface area (Å²) in [6.45, 7) is 0. The van der Waals surface area contributed by atoms with Crippen molar-refractivity contribution in [3.05, 3.63) is 0 Å². The number of thiocarbonyl (C=S) groups is 1. The number of hydrogen-bond acceptors (Lipinski definition) is 4. The summed E-state index contributed by atoms with van der Waals surface area (Å²) < 4.78 is 9.28. The third-order valence-corrected chi connectivity index (χ3v) is 2.91. The molecule has 0 aromatic carbocycles. The lowest BCUT2D eigenvalue weighted by Gasteiger charge is -2.08. The Hall–Kier alpha value is -0.160. The van der Waals surface area contributed by atoms with E-state index in [1.54, 1.807) is 0 Å². The Bertz CT molecular complexity index is 172. The van der Waals surface area contributed by atoms with E-state index in [9.17, 15) is 4.79 Å². The maximum Gasteiger partial charge on any atom is 0.305 e. The SMILES string of the molecule is COC(=O)CCC(Br)C(=S)OC. The van der Waals surface area contributed by atoms with Gasteiger partial charge in [0.25, 0.3) is 0 Å². The Morgan fingerprint density at radius 3 is 2.50 bits per heavy atom. The largest absolute Gasteiger partial charge is 0.489 e. The van der Waals surface area contributed by atoms with Gasteiger partial charge in [-0.05, 0) is 18.6 Å². The van der Waals surface area contributed by atoms with Crippen molar-refractivity contribution in [2.24, 2.45) is 0 Å². The van der Waals surface area contributed by atoms with Gasteiger partial charge in [0.15, 0.2) is 5.05 Å². The molecule has 0 aliphatic heterocycles. The summed E-state index contributed by atoms with van der Waals surface area (Å²) in [5, 5.41) is 0.457. The van der Waals surface area contributed by atoms with Gasteiger partial charge < -0.3 is 9.47 Å². The molecule has 0 bridgehead atoms. The Morgan fingerprint density at radius 2 is 2.08 bits per heavy atom. The van der Waals surface area contributed by atoms with E-state index in [-0.39, 0.29) is 10.8 Å². The van der Waals surface area contributed by atoms with E-state index >= 15 is 0 Å². The van der Waals surface area contributed by atoms with Gasteiger partial charge in [-0.1, -0.05) is 15.9 Å². The van der Waals surface area contributed by atoms with Crippen LogP contribution in [0.1, 0.15) is 12.8 Å². The number of hydrogen-bond donors (Lipinski definition) is 0. The molecule has 3 nitrogen and oxygen atoms in total. The van der Waals surface area contributed by atoms with Crippen LogP contribution in [-0.2, 0) is 14.3 Å². The summed E-state index contributed by atoms with van der Waals surface area (Å²) in [5.74, 6) is -0.238. The fourth-order valence-electron chi connectivity index (χ4n) is 0.592. The molecule has 0 rings (SSSR count). The van der Waals surface area contributed by atoms with Crippen molar-refractivity contribution in [3.63, 3.8) is 0 Å². The van der Waals surface area contributed by atoms with Gasteiger partial charge in [-0.2, -0.15) is 0 Å². The molecule has 12 heavy (non-hydrogen) atoms. The van der Waals surface area contributed by atoms with Crippen LogP contribution in [0, 0.1) is 0 Å². The van der Waals surface area contributed by atoms with Crippen LogP contribution >= 0.6 is 28.1 Å². The van der Waals surface area contributed by atoms with Crippen LogP contribution < -0.4 is 0 Å². The quantitative estimate of drug-likeness (QED) is 0.435. The first-order chi connectivity index (χ1) is 5.61. The molecule has 0 amide bonds. The number of ether oxygens (including phenoxy) is 2. The number of methoxy groups -OCH3 is 2. The molecule has 1 unspecified atom stereocenters. The van der Waals surface area contributed by atoms with E-state index in [4.69, 9.17) is 17.0 Å². The predicted molar refractivity (Wildman–Crippen MR) is 53.6 cm³/mol. The first-order valence-corrected chi connectivity index (χ1v) is 4.73. The second-order valence-electron chi connectivity index (χ2n) is 2.11. The van der Waals surface area contributed by atoms with Gasteiger partial charge in [-0.25, -0.2) is 0 Å². The Morgan fingerprint density at radius 1 is 1.50 bits per heavy atom. The van der Waals surface area contributed by atoms with Gasteiger partial charge in [-0.3, -0.25) is 4.79 Å².